The van der Waals surface area contributed by atoms with Crippen LogP contribution in [0, 0.1) is 22.7 Å². The van der Waals surface area contributed by atoms with Gasteiger partial charge in [0, 0.05) is 12.0 Å². The van der Waals surface area contributed by atoms with Crippen molar-refractivity contribution >= 4 is 5.78 Å². The summed E-state index contributed by atoms with van der Waals surface area (Å²) in [6, 6.07) is 20.0. The van der Waals surface area contributed by atoms with Crippen molar-refractivity contribution in [3.63, 3.8) is 0 Å². The van der Waals surface area contributed by atoms with Gasteiger partial charge in [-0.1, -0.05) is 48.5 Å². The molecule has 1 atom stereocenters. The minimum Gasteiger partial charge on any atom is -0.293 e. The SMILES string of the molecule is N#CCC(C(=O)c1ccccc1C#N)c1ccccc1. The number of ketones is 1. The highest BCUT2D eigenvalue weighted by Crippen LogP contribution is 2.25. The predicted molar refractivity (Wildman–Crippen MR) is 74.9 cm³/mol. The van der Waals surface area contributed by atoms with Crippen LogP contribution >= 0.6 is 0 Å². The monoisotopic (exact) mass is 260 g/mol. The summed E-state index contributed by atoms with van der Waals surface area (Å²) in [7, 11) is 0. The molecule has 3 nitrogen and oxygen atoms in total. The van der Waals surface area contributed by atoms with Crippen molar-refractivity contribution in [1.82, 2.24) is 0 Å². The smallest absolute Gasteiger partial charge is 0.172 e. The van der Waals surface area contributed by atoms with E-state index < -0.39 is 5.92 Å². The average molecular weight is 260 g/mol. The molecular formula is C17H12N2O. The quantitative estimate of drug-likeness (QED) is 0.791. The molecule has 0 bridgehead atoms. The van der Waals surface area contributed by atoms with Gasteiger partial charge >= 0.3 is 0 Å². The van der Waals surface area contributed by atoms with Crippen molar-refractivity contribution in [1.29, 1.82) is 10.5 Å². The molecule has 0 aliphatic carbocycles. The van der Waals surface area contributed by atoms with Gasteiger partial charge in [0.2, 0.25) is 0 Å². The van der Waals surface area contributed by atoms with Crippen molar-refractivity contribution in [3.05, 3.63) is 71.3 Å². The summed E-state index contributed by atoms with van der Waals surface area (Å²) in [5.74, 6) is -0.717. The maximum atomic E-state index is 12.6. The summed E-state index contributed by atoms with van der Waals surface area (Å²) in [4.78, 5) is 12.6. The van der Waals surface area contributed by atoms with Gasteiger partial charge in [0.15, 0.2) is 5.78 Å². The van der Waals surface area contributed by atoms with Crippen LogP contribution in [0.3, 0.4) is 0 Å². The van der Waals surface area contributed by atoms with Gasteiger partial charge in [0.1, 0.15) is 0 Å². The van der Waals surface area contributed by atoms with Gasteiger partial charge in [-0.05, 0) is 11.6 Å². The fourth-order valence-electron chi connectivity index (χ4n) is 2.12. The second kappa shape index (κ2) is 6.31. The summed E-state index contributed by atoms with van der Waals surface area (Å²) in [5.41, 5.74) is 1.52. The van der Waals surface area contributed by atoms with Crippen LogP contribution < -0.4 is 0 Å². The molecule has 3 heteroatoms. The molecule has 0 spiro atoms. The number of Topliss-reactive ketones (excluding diaryl/α,β-unsaturated/α-hetero) is 1. The molecule has 0 aliphatic heterocycles. The van der Waals surface area contributed by atoms with E-state index in [-0.39, 0.29) is 12.2 Å². The van der Waals surface area contributed by atoms with E-state index in [0.717, 1.165) is 5.56 Å². The molecule has 20 heavy (non-hydrogen) atoms. The van der Waals surface area contributed by atoms with Crippen LogP contribution in [0.15, 0.2) is 54.6 Å². The number of carbonyl (C=O) groups excluding carboxylic acids is 1. The molecule has 2 aromatic rings. The maximum Gasteiger partial charge on any atom is 0.172 e. The Morgan fingerprint density at radius 3 is 2.30 bits per heavy atom. The molecule has 1 unspecified atom stereocenters. The summed E-state index contributed by atoms with van der Waals surface area (Å²) < 4.78 is 0. The van der Waals surface area contributed by atoms with E-state index in [4.69, 9.17) is 10.5 Å². The van der Waals surface area contributed by atoms with Crippen LogP contribution in [0.2, 0.25) is 0 Å². The fraction of sp³-hybridized carbons (Fsp3) is 0.118. The third-order valence-corrected chi connectivity index (χ3v) is 3.13. The number of nitrogens with zero attached hydrogens (tertiary/aromatic N) is 2. The summed E-state index contributed by atoms with van der Waals surface area (Å²) in [6.45, 7) is 0. The predicted octanol–water partition coefficient (Wildman–Crippen LogP) is 3.44. The lowest BCUT2D eigenvalue weighted by atomic mass is 9.87. The average Bonchev–Trinajstić information content (AvgIpc) is 2.52. The van der Waals surface area contributed by atoms with E-state index >= 15 is 0 Å². The van der Waals surface area contributed by atoms with Gasteiger partial charge in [0.05, 0.1) is 23.6 Å². The van der Waals surface area contributed by atoms with Crippen molar-refractivity contribution in [2.24, 2.45) is 0 Å². The lowest BCUT2D eigenvalue weighted by molar-refractivity contribution is 0.0960. The first-order valence-corrected chi connectivity index (χ1v) is 6.23. The van der Waals surface area contributed by atoms with E-state index in [1.54, 1.807) is 24.3 Å². The first-order chi connectivity index (χ1) is 9.77. The molecule has 0 amide bonds. The Labute approximate surface area is 117 Å². The Balaban J connectivity index is 2.43. The lowest BCUT2D eigenvalue weighted by Crippen LogP contribution is -2.14. The second-order valence-corrected chi connectivity index (χ2v) is 4.35. The zero-order valence-electron chi connectivity index (χ0n) is 10.8. The molecule has 0 saturated heterocycles. The highest BCUT2D eigenvalue weighted by molar-refractivity contribution is 6.03. The first-order valence-electron chi connectivity index (χ1n) is 6.23. The number of nitriles is 2. The highest BCUT2D eigenvalue weighted by Gasteiger charge is 2.23. The van der Waals surface area contributed by atoms with Gasteiger partial charge in [-0.15, -0.1) is 0 Å². The topological polar surface area (TPSA) is 64.7 Å². The highest BCUT2D eigenvalue weighted by atomic mass is 16.1. The van der Waals surface area contributed by atoms with Gasteiger partial charge in [0.25, 0.3) is 0 Å². The lowest BCUT2D eigenvalue weighted by Gasteiger charge is -2.13. The van der Waals surface area contributed by atoms with Crippen molar-refractivity contribution in [2.75, 3.05) is 0 Å². The molecule has 0 fully saturated rings. The maximum absolute atomic E-state index is 12.6. The van der Waals surface area contributed by atoms with E-state index in [1.165, 1.54) is 0 Å². The molecule has 0 N–H and O–H groups in total. The van der Waals surface area contributed by atoms with Gasteiger partial charge in [-0.2, -0.15) is 10.5 Å². The molecule has 0 heterocycles. The standard InChI is InChI=1S/C17H12N2O/c18-11-10-16(13-6-2-1-3-7-13)17(20)15-9-5-4-8-14(15)12-19/h1-9,16H,10H2. The molecule has 2 aromatic carbocycles. The summed E-state index contributed by atoms with van der Waals surface area (Å²) in [6.07, 6.45) is 0.0998. The molecule has 96 valence electrons. The Kier molecular flexibility index (Phi) is 4.27. The zero-order chi connectivity index (χ0) is 14.4. The van der Waals surface area contributed by atoms with Gasteiger partial charge < -0.3 is 0 Å². The minimum atomic E-state index is -0.532. The van der Waals surface area contributed by atoms with Gasteiger partial charge in [-0.3, -0.25) is 4.79 Å². The molecule has 0 radical (unpaired) electrons. The van der Waals surface area contributed by atoms with Crippen LogP contribution in [0.1, 0.15) is 33.8 Å². The number of hydrogen-bond acceptors (Lipinski definition) is 3. The van der Waals surface area contributed by atoms with Crippen molar-refractivity contribution in [3.8, 4) is 12.1 Å². The normalized spacial score (nSPS) is 11.1. The molecule has 0 aromatic heterocycles. The van der Waals surface area contributed by atoms with Crippen LogP contribution in [0.25, 0.3) is 0 Å². The summed E-state index contributed by atoms with van der Waals surface area (Å²) >= 11 is 0. The fourth-order valence-corrected chi connectivity index (χ4v) is 2.12. The van der Waals surface area contributed by atoms with Crippen molar-refractivity contribution in [2.45, 2.75) is 12.3 Å². The third kappa shape index (κ3) is 2.74. The summed E-state index contributed by atoms with van der Waals surface area (Å²) in [5, 5.41) is 18.0. The van der Waals surface area contributed by atoms with Crippen LogP contribution in [0.5, 0.6) is 0 Å². The number of hydrogen-bond donors (Lipinski definition) is 0. The minimum absolute atomic E-state index is 0.0998. The van der Waals surface area contributed by atoms with Gasteiger partial charge in [-0.25, -0.2) is 0 Å². The molecule has 0 saturated carbocycles. The second-order valence-electron chi connectivity index (χ2n) is 4.35. The number of benzene rings is 2. The van der Waals surface area contributed by atoms with Crippen molar-refractivity contribution < 1.29 is 4.79 Å². The molecule has 0 aliphatic rings. The molecular weight excluding hydrogens is 248 g/mol. The Morgan fingerprint density at radius 1 is 1.00 bits per heavy atom. The Bertz CT molecular complexity index is 693. The number of carbonyl (C=O) groups is 1. The van der Waals surface area contributed by atoms with Crippen LogP contribution in [0.4, 0.5) is 0 Å². The first kappa shape index (κ1) is 13.5. The Morgan fingerprint density at radius 2 is 1.65 bits per heavy atom. The van der Waals surface area contributed by atoms with E-state index in [1.807, 2.05) is 36.4 Å². The zero-order valence-corrected chi connectivity index (χ0v) is 10.8. The third-order valence-electron chi connectivity index (χ3n) is 3.13. The molecule has 2 rings (SSSR count). The van der Waals surface area contributed by atoms with Crippen LogP contribution in [-0.4, -0.2) is 5.78 Å². The van der Waals surface area contributed by atoms with E-state index in [9.17, 15) is 4.79 Å². The van der Waals surface area contributed by atoms with Crippen LogP contribution in [-0.2, 0) is 0 Å². The Hall–Kier alpha value is -2.91. The van der Waals surface area contributed by atoms with E-state index in [2.05, 4.69) is 6.07 Å². The number of rotatable bonds is 4. The largest absolute Gasteiger partial charge is 0.293 e. The van der Waals surface area contributed by atoms with E-state index in [0.29, 0.717) is 11.1 Å².